The second-order valence-corrected chi connectivity index (χ2v) is 4.82. The topological polar surface area (TPSA) is 109 Å². The maximum absolute atomic E-state index is 11.8. The summed E-state index contributed by atoms with van der Waals surface area (Å²) in [5.41, 5.74) is 0.465. The van der Waals surface area contributed by atoms with Crippen molar-refractivity contribution in [3.05, 3.63) is 34.3 Å². The monoisotopic (exact) mass is 353 g/mol. The molecule has 1 aromatic heterocycles. The Morgan fingerprint density at radius 1 is 1.33 bits per heavy atom. The van der Waals surface area contributed by atoms with E-state index in [0.717, 1.165) is 4.47 Å². The van der Waals surface area contributed by atoms with Gasteiger partial charge in [-0.1, -0.05) is 15.9 Å². The first kappa shape index (κ1) is 15.0. The quantitative estimate of drug-likeness (QED) is 0.741. The Bertz CT molecular complexity index is 641. The molecule has 2 rings (SSSR count). The van der Waals surface area contributed by atoms with Crippen molar-refractivity contribution < 1.29 is 14.3 Å². The van der Waals surface area contributed by atoms with Gasteiger partial charge < -0.3 is 10.1 Å². The van der Waals surface area contributed by atoms with Crippen LogP contribution in [0.5, 0.6) is 6.01 Å². The lowest BCUT2D eigenvalue weighted by Crippen LogP contribution is -2.33. The van der Waals surface area contributed by atoms with Crippen LogP contribution in [-0.2, 0) is 4.79 Å². The molecule has 2 amide bonds. The van der Waals surface area contributed by atoms with Crippen LogP contribution in [0.15, 0.2) is 28.7 Å². The van der Waals surface area contributed by atoms with Crippen LogP contribution in [0.4, 0.5) is 5.95 Å². The molecule has 8 nitrogen and oxygen atoms in total. The summed E-state index contributed by atoms with van der Waals surface area (Å²) in [5, 5.41) is 11.1. The van der Waals surface area contributed by atoms with E-state index < -0.39 is 5.91 Å². The number of H-pyrrole nitrogens is 1. The third kappa shape index (κ3) is 4.28. The maximum atomic E-state index is 11.8. The first-order valence-electron chi connectivity index (χ1n) is 5.88. The second-order valence-electron chi connectivity index (χ2n) is 3.91. The number of carbonyl (C=O) groups is 2. The molecule has 0 unspecified atom stereocenters. The van der Waals surface area contributed by atoms with Crippen molar-refractivity contribution in [3.63, 3.8) is 0 Å². The molecule has 0 spiro atoms. The Morgan fingerprint density at radius 2 is 2.05 bits per heavy atom. The molecule has 110 valence electrons. The molecule has 0 aliphatic carbocycles. The van der Waals surface area contributed by atoms with Crippen molar-refractivity contribution >= 4 is 33.7 Å². The van der Waals surface area contributed by atoms with Gasteiger partial charge >= 0.3 is 6.01 Å². The van der Waals surface area contributed by atoms with Gasteiger partial charge in [0.05, 0.1) is 13.7 Å². The SMILES string of the molecule is COc1n[nH]c(NC(=O)CNC(=O)c2ccc(Br)cc2)n1. The smallest absolute Gasteiger partial charge is 0.336 e. The van der Waals surface area contributed by atoms with Crippen molar-refractivity contribution in [3.8, 4) is 6.01 Å². The predicted octanol–water partition coefficient (Wildman–Crippen LogP) is 0.944. The van der Waals surface area contributed by atoms with E-state index in [-0.39, 0.29) is 24.4 Å². The number of anilines is 1. The fraction of sp³-hybridized carbons (Fsp3) is 0.167. The summed E-state index contributed by atoms with van der Waals surface area (Å²) in [4.78, 5) is 27.3. The number of benzene rings is 1. The number of amides is 2. The number of rotatable bonds is 5. The summed E-state index contributed by atoms with van der Waals surface area (Å²) in [6.45, 7) is -0.183. The van der Waals surface area contributed by atoms with Crippen molar-refractivity contribution in [2.75, 3.05) is 19.0 Å². The number of aromatic amines is 1. The highest BCUT2D eigenvalue weighted by Gasteiger charge is 2.10. The highest BCUT2D eigenvalue weighted by atomic mass is 79.9. The molecule has 3 N–H and O–H groups in total. The standard InChI is InChI=1S/C12H12BrN5O3/c1-21-12-16-11(17-18-12)15-9(19)6-14-10(20)7-2-4-8(13)5-3-7/h2-5H,6H2,1H3,(H,14,20)(H2,15,16,17,18,19). The number of ether oxygens (including phenoxy) is 1. The Balaban J connectivity index is 1.83. The summed E-state index contributed by atoms with van der Waals surface area (Å²) in [7, 11) is 1.41. The molecule has 0 bridgehead atoms. The normalized spacial score (nSPS) is 10.0. The highest BCUT2D eigenvalue weighted by Crippen LogP contribution is 2.10. The molecule has 2 aromatic rings. The van der Waals surface area contributed by atoms with Gasteiger partial charge in [0.2, 0.25) is 11.9 Å². The average Bonchev–Trinajstić information content (AvgIpc) is 2.93. The molecule has 0 saturated heterocycles. The largest absolute Gasteiger partial charge is 0.466 e. The minimum absolute atomic E-state index is 0.115. The Labute approximate surface area is 128 Å². The number of halogens is 1. The summed E-state index contributed by atoms with van der Waals surface area (Å²) in [6, 6.07) is 6.91. The van der Waals surface area contributed by atoms with Gasteiger partial charge in [-0.2, -0.15) is 4.98 Å². The van der Waals surface area contributed by atoms with Crippen LogP contribution in [0, 0.1) is 0 Å². The van der Waals surface area contributed by atoms with Crippen LogP contribution in [0.3, 0.4) is 0 Å². The highest BCUT2D eigenvalue weighted by molar-refractivity contribution is 9.10. The second kappa shape index (κ2) is 6.84. The van der Waals surface area contributed by atoms with E-state index in [1.165, 1.54) is 7.11 Å². The molecule has 9 heteroatoms. The first-order chi connectivity index (χ1) is 10.1. The van der Waals surface area contributed by atoms with Gasteiger partial charge in [-0.05, 0) is 24.3 Å². The van der Waals surface area contributed by atoms with Crippen LogP contribution < -0.4 is 15.4 Å². The minimum Gasteiger partial charge on any atom is -0.466 e. The van der Waals surface area contributed by atoms with Gasteiger partial charge in [0, 0.05) is 10.0 Å². The van der Waals surface area contributed by atoms with E-state index in [9.17, 15) is 9.59 Å². The van der Waals surface area contributed by atoms with Crippen LogP contribution in [0.1, 0.15) is 10.4 Å². The number of hydrogen-bond donors (Lipinski definition) is 3. The van der Waals surface area contributed by atoms with Gasteiger partial charge in [0.1, 0.15) is 0 Å². The molecule has 0 aliphatic rings. The molecular weight excluding hydrogens is 342 g/mol. The van der Waals surface area contributed by atoms with E-state index in [4.69, 9.17) is 4.74 Å². The van der Waals surface area contributed by atoms with Crippen LogP contribution in [-0.4, -0.2) is 40.7 Å². The third-order valence-electron chi connectivity index (χ3n) is 2.42. The predicted molar refractivity (Wildman–Crippen MR) is 78.0 cm³/mol. The molecular formula is C12H12BrN5O3. The zero-order chi connectivity index (χ0) is 15.2. The van der Waals surface area contributed by atoms with Gasteiger partial charge in [-0.3, -0.25) is 14.9 Å². The van der Waals surface area contributed by atoms with E-state index >= 15 is 0 Å². The van der Waals surface area contributed by atoms with Gasteiger partial charge in [-0.15, -0.1) is 5.10 Å². The number of hydrogen-bond acceptors (Lipinski definition) is 5. The number of nitrogens with one attached hydrogen (secondary N) is 3. The minimum atomic E-state index is -0.431. The van der Waals surface area contributed by atoms with Gasteiger partial charge in [-0.25, -0.2) is 5.10 Å². The third-order valence-corrected chi connectivity index (χ3v) is 2.95. The van der Waals surface area contributed by atoms with Crippen molar-refractivity contribution in [2.24, 2.45) is 0 Å². The van der Waals surface area contributed by atoms with Crippen molar-refractivity contribution in [1.82, 2.24) is 20.5 Å². The van der Waals surface area contributed by atoms with E-state index in [2.05, 4.69) is 41.7 Å². The molecule has 0 atom stereocenters. The molecule has 0 aliphatic heterocycles. The summed E-state index contributed by atoms with van der Waals surface area (Å²) in [5.74, 6) is -0.623. The molecule has 1 heterocycles. The van der Waals surface area contributed by atoms with Gasteiger partial charge in [0.15, 0.2) is 0 Å². The maximum Gasteiger partial charge on any atom is 0.336 e. The lowest BCUT2D eigenvalue weighted by molar-refractivity contribution is -0.115. The molecule has 21 heavy (non-hydrogen) atoms. The number of aromatic nitrogens is 3. The zero-order valence-corrected chi connectivity index (χ0v) is 12.6. The molecule has 0 saturated carbocycles. The molecule has 0 fully saturated rings. The van der Waals surface area contributed by atoms with Gasteiger partial charge in [0.25, 0.3) is 5.91 Å². The fourth-order valence-corrected chi connectivity index (χ4v) is 1.70. The Morgan fingerprint density at radius 3 is 2.67 bits per heavy atom. The Kier molecular flexibility index (Phi) is 4.88. The number of carbonyl (C=O) groups excluding carboxylic acids is 2. The first-order valence-corrected chi connectivity index (χ1v) is 6.68. The van der Waals surface area contributed by atoms with Crippen molar-refractivity contribution in [2.45, 2.75) is 0 Å². The fourth-order valence-electron chi connectivity index (χ4n) is 1.43. The van der Waals surface area contributed by atoms with E-state index in [1.807, 2.05) is 0 Å². The van der Waals surface area contributed by atoms with Crippen LogP contribution in [0.2, 0.25) is 0 Å². The van der Waals surface area contributed by atoms with Crippen LogP contribution in [0.25, 0.3) is 0 Å². The molecule has 0 radical (unpaired) electrons. The summed E-state index contributed by atoms with van der Waals surface area (Å²) in [6.07, 6.45) is 0. The summed E-state index contributed by atoms with van der Waals surface area (Å²) < 4.78 is 5.64. The van der Waals surface area contributed by atoms with Crippen molar-refractivity contribution in [1.29, 1.82) is 0 Å². The number of nitrogens with zero attached hydrogens (tertiary/aromatic N) is 2. The zero-order valence-electron chi connectivity index (χ0n) is 11.0. The number of methoxy groups -OCH3 is 1. The van der Waals surface area contributed by atoms with Crippen LogP contribution >= 0.6 is 15.9 Å². The Hall–Kier alpha value is -2.42. The van der Waals surface area contributed by atoms with E-state index in [0.29, 0.717) is 5.56 Å². The molecule has 1 aromatic carbocycles. The van der Waals surface area contributed by atoms with E-state index in [1.54, 1.807) is 24.3 Å². The lowest BCUT2D eigenvalue weighted by Gasteiger charge is -2.05. The average molecular weight is 354 g/mol. The lowest BCUT2D eigenvalue weighted by atomic mass is 10.2. The summed E-state index contributed by atoms with van der Waals surface area (Å²) >= 11 is 3.28.